The van der Waals surface area contributed by atoms with Crippen LogP contribution >= 0.6 is 0 Å². The summed E-state index contributed by atoms with van der Waals surface area (Å²) in [5.41, 5.74) is -0.825. The molecule has 1 aromatic heterocycles. The van der Waals surface area contributed by atoms with E-state index >= 15 is 0 Å². The average molecular weight is 269 g/mol. The minimum absolute atomic E-state index is 0.206. The predicted molar refractivity (Wildman–Crippen MR) is 70.5 cm³/mol. The Kier molecular flexibility index (Phi) is 4.33. The van der Waals surface area contributed by atoms with Crippen molar-refractivity contribution in [3.63, 3.8) is 0 Å². The van der Waals surface area contributed by atoms with Crippen LogP contribution in [0.3, 0.4) is 0 Å². The summed E-state index contributed by atoms with van der Waals surface area (Å²) in [5, 5.41) is 6.91. The van der Waals surface area contributed by atoms with Gasteiger partial charge >= 0.3 is 5.69 Å². The molecule has 0 aliphatic carbocycles. The van der Waals surface area contributed by atoms with E-state index in [0.29, 0.717) is 6.54 Å². The van der Waals surface area contributed by atoms with Gasteiger partial charge in [0.1, 0.15) is 0 Å². The van der Waals surface area contributed by atoms with Crippen LogP contribution in [-0.4, -0.2) is 58.6 Å². The third-order valence-electron chi connectivity index (χ3n) is 3.15. The number of rotatable bonds is 4. The van der Waals surface area contributed by atoms with Gasteiger partial charge in [-0.05, 0) is 0 Å². The largest absolute Gasteiger partial charge is 0.379 e. The molecule has 1 saturated heterocycles. The van der Waals surface area contributed by atoms with Crippen LogP contribution in [0.2, 0.25) is 0 Å². The van der Waals surface area contributed by atoms with Gasteiger partial charge in [-0.3, -0.25) is 14.3 Å². The third-order valence-corrected chi connectivity index (χ3v) is 3.15. The molecular formula is C11H19N5O3. The second-order valence-corrected chi connectivity index (χ2v) is 4.50. The molecule has 0 unspecified atom stereocenters. The third kappa shape index (κ3) is 3.21. The van der Waals surface area contributed by atoms with E-state index < -0.39 is 11.2 Å². The van der Waals surface area contributed by atoms with E-state index in [1.807, 2.05) is 0 Å². The molecule has 1 aliphatic rings. The normalized spacial score (nSPS) is 16.5. The lowest BCUT2D eigenvalue weighted by Gasteiger charge is -2.26. The second kappa shape index (κ2) is 5.98. The molecule has 19 heavy (non-hydrogen) atoms. The van der Waals surface area contributed by atoms with Crippen LogP contribution < -0.4 is 16.6 Å². The van der Waals surface area contributed by atoms with E-state index in [1.165, 1.54) is 14.1 Å². The zero-order valence-corrected chi connectivity index (χ0v) is 11.3. The lowest BCUT2D eigenvalue weighted by molar-refractivity contribution is 0.0398. The van der Waals surface area contributed by atoms with Gasteiger partial charge in [0.2, 0.25) is 5.82 Å². The molecule has 1 aromatic rings. The molecule has 0 saturated carbocycles. The molecule has 0 atom stereocenters. The van der Waals surface area contributed by atoms with Gasteiger partial charge in [-0.15, -0.1) is 5.10 Å². The van der Waals surface area contributed by atoms with Crippen molar-refractivity contribution in [1.29, 1.82) is 0 Å². The van der Waals surface area contributed by atoms with Crippen molar-refractivity contribution in [3.8, 4) is 0 Å². The summed E-state index contributed by atoms with van der Waals surface area (Å²) in [7, 11) is 2.97. The number of aromatic nitrogens is 3. The van der Waals surface area contributed by atoms with Gasteiger partial charge in [0.15, 0.2) is 0 Å². The minimum atomic E-state index is -0.427. The summed E-state index contributed by atoms with van der Waals surface area (Å²) in [6.07, 6.45) is 0. The molecule has 2 heterocycles. The van der Waals surface area contributed by atoms with E-state index in [-0.39, 0.29) is 5.82 Å². The SMILES string of the molecule is Cn1nc(NCCN2CCOCC2)c(=O)n(C)c1=O. The molecule has 106 valence electrons. The maximum absolute atomic E-state index is 11.8. The van der Waals surface area contributed by atoms with Gasteiger partial charge in [-0.2, -0.15) is 0 Å². The van der Waals surface area contributed by atoms with Gasteiger partial charge in [0, 0.05) is 40.3 Å². The standard InChI is InChI=1S/C11H19N5O3/c1-14-10(17)9(13-15(2)11(14)18)12-3-4-16-5-7-19-8-6-16/h3-8H2,1-2H3,(H,12,13). The van der Waals surface area contributed by atoms with Gasteiger partial charge in [-0.1, -0.05) is 0 Å². The smallest absolute Gasteiger partial charge is 0.346 e. The lowest BCUT2D eigenvalue weighted by atomic mass is 10.4. The molecule has 1 aliphatic heterocycles. The fourth-order valence-corrected chi connectivity index (χ4v) is 1.97. The summed E-state index contributed by atoms with van der Waals surface area (Å²) >= 11 is 0. The number of morpholine rings is 1. The van der Waals surface area contributed by atoms with Crippen LogP contribution in [0.15, 0.2) is 9.59 Å². The van der Waals surface area contributed by atoms with Crippen molar-refractivity contribution in [2.24, 2.45) is 14.1 Å². The highest BCUT2D eigenvalue weighted by atomic mass is 16.5. The number of anilines is 1. The Labute approximate surface area is 110 Å². The topological polar surface area (TPSA) is 81.4 Å². The summed E-state index contributed by atoms with van der Waals surface area (Å²) < 4.78 is 7.46. The Morgan fingerprint density at radius 2 is 1.95 bits per heavy atom. The van der Waals surface area contributed by atoms with Gasteiger partial charge in [0.25, 0.3) is 5.56 Å². The first kappa shape index (κ1) is 13.8. The fourth-order valence-electron chi connectivity index (χ4n) is 1.97. The summed E-state index contributed by atoms with van der Waals surface area (Å²) in [5.74, 6) is 0.206. The lowest BCUT2D eigenvalue weighted by Crippen LogP contribution is -2.42. The zero-order valence-electron chi connectivity index (χ0n) is 11.3. The van der Waals surface area contributed by atoms with Crippen molar-refractivity contribution in [1.82, 2.24) is 19.2 Å². The Morgan fingerprint density at radius 1 is 1.26 bits per heavy atom. The first-order valence-corrected chi connectivity index (χ1v) is 6.28. The number of hydrogen-bond donors (Lipinski definition) is 1. The highest BCUT2D eigenvalue weighted by molar-refractivity contribution is 5.29. The van der Waals surface area contributed by atoms with Crippen molar-refractivity contribution in [2.45, 2.75) is 0 Å². The summed E-state index contributed by atoms with van der Waals surface area (Å²) in [6, 6.07) is 0. The first-order chi connectivity index (χ1) is 9.09. The van der Waals surface area contributed by atoms with Crippen LogP contribution in [0.5, 0.6) is 0 Å². The fraction of sp³-hybridized carbons (Fsp3) is 0.727. The first-order valence-electron chi connectivity index (χ1n) is 6.28. The molecule has 0 bridgehead atoms. The van der Waals surface area contributed by atoms with E-state index in [2.05, 4.69) is 15.3 Å². The predicted octanol–water partition coefficient (Wildman–Crippen LogP) is -1.78. The number of aryl methyl sites for hydroxylation is 1. The summed E-state index contributed by atoms with van der Waals surface area (Å²) in [6.45, 7) is 4.73. The number of nitrogens with one attached hydrogen (secondary N) is 1. The summed E-state index contributed by atoms with van der Waals surface area (Å²) in [4.78, 5) is 25.5. The Hall–Kier alpha value is -1.67. The van der Waals surface area contributed by atoms with E-state index in [4.69, 9.17) is 4.74 Å². The van der Waals surface area contributed by atoms with Crippen LogP contribution in [0.25, 0.3) is 0 Å². The number of hydrogen-bond acceptors (Lipinski definition) is 6. The Bertz CT molecular complexity index is 544. The van der Waals surface area contributed by atoms with Crippen LogP contribution in [-0.2, 0) is 18.8 Å². The molecule has 8 heteroatoms. The van der Waals surface area contributed by atoms with Crippen molar-refractivity contribution < 1.29 is 4.74 Å². The molecule has 1 fully saturated rings. The van der Waals surface area contributed by atoms with Gasteiger partial charge in [-0.25, -0.2) is 9.48 Å². The molecular weight excluding hydrogens is 250 g/mol. The monoisotopic (exact) mass is 269 g/mol. The molecule has 0 aromatic carbocycles. The minimum Gasteiger partial charge on any atom is -0.379 e. The quantitative estimate of drug-likeness (QED) is 0.696. The number of ether oxygens (including phenoxy) is 1. The molecule has 8 nitrogen and oxygen atoms in total. The van der Waals surface area contributed by atoms with E-state index in [9.17, 15) is 9.59 Å². The van der Waals surface area contributed by atoms with E-state index in [1.54, 1.807) is 0 Å². The highest BCUT2D eigenvalue weighted by Gasteiger charge is 2.11. The van der Waals surface area contributed by atoms with Gasteiger partial charge < -0.3 is 10.1 Å². The Balaban J connectivity index is 1.96. The molecule has 0 radical (unpaired) electrons. The molecule has 2 rings (SSSR count). The van der Waals surface area contributed by atoms with Crippen molar-refractivity contribution in [3.05, 3.63) is 20.8 Å². The second-order valence-electron chi connectivity index (χ2n) is 4.50. The molecule has 0 amide bonds. The van der Waals surface area contributed by atoms with Crippen molar-refractivity contribution >= 4 is 5.82 Å². The van der Waals surface area contributed by atoms with Crippen molar-refractivity contribution in [2.75, 3.05) is 44.7 Å². The number of nitrogens with zero attached hydrogens (tertiary/aromatic N) is 4. The zero-order chi connectivity index (χ0) is 13.8. The van der Waals surface area contributed by atoms with Gasteiger partial charge in [0.05, 0.1) is 13.2 Å². The van der Waals surface area contributed by atoms with Crippen LogP contribution in [0.4, 0.5) is 5.82 Å². The highest BCUT2D eigenvalue weighted by Crippen LogP contribution is 1.96. The van der Waals surface area contributed by atoms with Crippen LogP contribution in [0.1, 0.15) is 0 Å². The molecule has 1 N–H and O–H groups in total. The maximum atomic E-state index is 11.8. The molecule has 0 spiro atoms. The van der Waals surface area contributed by atoms with E-state index in [0.717, 1.165) is 42.1 Å². The van der Waals surface area contributed by atoms with Crippen LogP contribution in [0, 0.1) is 0 Å². The Morgan fingerprint density at radius 3 is 2.63 bits per heavy atom. The average Bonchev–Trinajstić information content (AvgIpc) is 2.43. The maximum Gasteiger partial charge on any atom is 0.346 e.